The summed E-state index contributed by atoms with van der Waals surface area (Å²) in [7, 11) is 0. The van der Waals surface area contributed by atoms with Gasteiger partial charge in [0, 0.05) is 13.1 Å². The molecule has 0 bridgehead atoms. The number of fused-ring (bicyclic) bond motifs is 1. The van der Waals surface area contributed by atoms with E-state index in [2.05, 4.69) is 15.4 Å². The SMILES string of the molecule is CC(=O)N1C=Cc2ccccc2[C@H]1CC(=O)Nc1cccc(Cl)c1-n1cncn1. The van der Waals surface area contributed by atoms with Crippen LogP contribution in [0.3, 0.4) is 0 Å². The highest BCUT2D eigenvalue weighted by atomic mass is 35.5. The molecule has 1 aliphatic rings. The number of hydrogen-bond acceptors (Lipinski definition) is 4. The van der Waals surface area contributed by atoms with E-state index < -0.39 is 0 Å². The molecule has 0 aliphatic carbocycles. The number of nitrogens with zero attached hydrogens (tertiary/aromatic N) is 4. The molecule has 2 amide bonds. The number of aromatic nitrogens is 3. The Bertz CT molecular complexity index is 1090. The minimum atomic E-state index is -0.386. The predicted octanol–water partition coefficient (Wildman–Crippen LogP) is 3.82. The zero-order valence-electron chi connectivity index (χ0n) is 15.6. The standard InChI is InChI=1S/C21H18ClN5O2/c1-14(28)26-10-9-15-5-2-3-6-16(15)19(26)11-20(29)25-18-8-4-7-17(22)21(18)27-13-23-12-24-27/h2-10,12-13,19H,11H2,1H3,(H,25,29)/t19-/m1/s1. The van der Waals surface area contributed by atoms with Crippen LogP contribution in [0.4, 0.5) is 5.69 Å². The molecule has 146 valence electrons. The first-order valence-electron chi connectivity index (χ1n) is 9.04. The Hall–Kier alpha value is -3.45. The smallest absolute Gasteiger partial charge is 0.226 e. The second-order valence-corrected chi connectivity index (χ2v) is 7.02. The molecule has 3 aromatic rings. The third kappa shape index (κ3) is 3.77. The van der Waals surface area contributed by atoms with Gasteiger partial charge >= 0.3 is 0 Å². The van der Waals surface area contributed by atoms with Crippen LogP contribution in [0.25, 0.3) is 11.8 Å². The molecule has 29 heavy (non-hydrogen) atoms. The van der Waals surface area contributed by atoms with Crippen molar-refractivity contribution in [1.29, 1.82) is 0 Å². The Morgan fingerprint density at radius 3 is 2.76 bits per heavy atom. The van der Waals surface area contributed by atoms with Gasteiger partial charge in [-0.2, -0.15) is 5.10 Å². The van der Waals surface area contributed by atoms with Gasteiger partial charge in [-0.05, 0) is 29.3 Å². The van der Waals surface area contributed by atoms with Crippen LogP contribution in [0.15, 0.2) is 61.3 Å². The highest BCUT2D eigenvalue weighted by molar-refractivity contribution is 6.33. The van der Waals surface area contributed by atoms with Crippen molar-refractivity contribution < 1.29 is 9.59 Å². The number of nitrogens with one attached hydrogen (secondary N) is 1. The van der Waals surface area contributed by atoms with E-state index in [1.165, 1.54) is 24.3 Å². The highest BCUT2D eigenvalue weighted by Gasteiger charge is 2.28. The summed E-state index contributed by atoms with van der Waals surface area (Å²) in [6.07, 6.45) is 6.61. The fourth-order valence-corrected chi connectivity index (χ4v) is 3.72. The minimum absolute atomic E-state index is 0.101. The van der Waals surface area contributed by atoms with Crippen LogP contribution in [0.5, 0.6) is 0 Å². The lowest BCUT2D eigenvalue weighted by atomic mass is 9.93. The molecule has 2 aromatic carbocycles. The van der Waals surface area contributed by atoms with Gasteiger partial charge in [0.05, 0.1) is 23.2 Å². The van der Waals surface area contributed by atoms with Crippen LogP contribution in [-0.2, 0) is 9.59 Å². The largest absolute Gasteiger partial charge is 0.324 e. The molecule has 8 heteroatoms. The Morgan fingerprint density at radius 2 is 2.00 bits per heavy atom. The number of hydrogen-bond donors (Lipinski definition) is 1. The third-order valence-electron chi connectivity index (χ3n) is 4.76. The van der Waals surface area contributed by atoms with E-state index in [0.29, 0.717) is 16.4 Å². The fourth-order valence-electron chi connectivity index (χ4n) is 3.46. The van der Waals surface area contributed by atoms with Crippen LogP contribution in [0.1, 0.15) is 30.5 Å². The molecule has 1 aromatic heterocycles. The maximum atomic E-state index is 12.9. The number of para-hydroxylation sites is 1. The van der Waals surface area contributed by atoms with E-state index in [-0.39, 0.29) is 24.3 Å². The van der Waals surface area contributed by atoms with E-state index in [0.717, 1.165) is 11.1 Å². The summed E-state index contributed by atoms with van der Waals surface area (Å²) in [5.74, 6) is -0.366. The van der Waals surface area contributed by atoms with Crippen LogP contribution >= 0.6 is 11.6 Å². The topological polar surface area (TPSA) is 80.1 Å². The molecule has 4 rings (SSSR count). The summed E-state index contributed by atoms with van der Waals surface area (Å²) < 4.78 is 1.50. The summed E-state index contributed by atoms with van der Waals surface area (Å²) in [5.41, 5.74) is 2.98. The maximum Gasteiger partial charge on any atom is 0.226 e. The summed E-state index contributed by atoms with van der Waals surface area (Å²) in [4.78, 5) is 30.6. The molecule has 0 saturated carbocycles. The van der Waals surface area contributed by atoms with Gasteiger partial charge in [0.15, 0.2) is 0 Å². The molecule has 1 atom stereocenters. The van der Waals surface area contributed by atoms with Gasteiger partial charge in [0.25, 0.3) is 0 Å². The van der Waals surface area contributed by atoms with Gasteiger partial charge < -0.3 is 10.2 Å². The second-order valence-electron chi connectivity index (χ2n) is 6.62. The third-order valence-corrected chi connectivity index (χ3v) is 5.06. The van der Waals surface area contributed by atoms with Gasteiger partial charge in [0.2, 0.25) is 11.8 Å². The van der Waals surface area contributed by atoms with Gasteiger partial charge in [0.1, 0.15) is 18.3 Å². The summed E-state index contributed by atoms with van der Waals surface area (Å²) >= 11 is 6.33. The van der Waals surface area contributed by atoms with Crippen molar-refractivity contribution in [3.63, 3.8) is 0 Å². The Morgan fingerprint density at radius 1 is 1.17 bits per heavy atom. The average molecular weight is 408 g/mol. The Labute approximate surface area is 172 Å². The molecule has 2 heterocycles. The average Bonchev–Trinajstić information content (AvgIpc) is 3.22. The van der Waals surface area contributed by atoms with Crippen LogP contribution in [-0.4, -0.2) is 31.5 Å². The lowest BCUT2D eigenvalue weighted by Gasteiger charge is -2.32. The first kappa shape index (κ1) is 18.9. The predicted molar refractivity (Wildman–Crippen MR) is 110 cm³/mol. The zero-order valence-corrected chi connectivity index (χ0v) is 16.4. The molecule has 1 N–H and O–H groups in total. The van der Waals surface area contributed by atoms with Gasteiger partial charge in [-0.25, -0.2) is 9.67 Å². The first-order valence-corrected chi connectivity index (χ1v) is 9.42. The molecule has 7 nitrogen and oxygen atoms in total. The van der Waals surface area contributed by atoms with Gasteiger partial charge in [-0.15, -0.1) is 0 Å². The monoisotopic (exact) mass is 407 g/mol. The normalized spacial score (nSPS) is 15.1. The van der Waals surface area contributed by atoms with Crippen molar-refractivity contribution >= 4 is 35.2 Å². The lowest BCUT2D eigenvalue weighted by Crippen LogP contribution is -2.33. The van der Waals surface area contributed by atoms with Crippen molar-refractivity contribution in [2.75, 3.05) is 5.32 Å². The van der Waals surface area contributed by atoms with Gasteiger partial charge in [-0.3, -0.25) is 9.59 Å². The van der Waals surface area contributed by atoms with Crippen molar-refractivity contribution in [3.05, 3.63) is 77.5 Å². The van der Waals surface area contributed by atoms with E-state index >= 15 is 0 Å². The minimum Gasteiger partial charge on any atom is -0.324 e. The van der Waals surface area contributed by atoms with E-state index in [9.17, 15) is 9.59 Å². The lowest BCUT2D eigenvalue weighted by molar-refractivity contribution is -0.129. The number of carbonyl (C=O) groups excluding carboxylic acids is 2. The number of benzene rings is 2. The van der Waals surface area contributed by atoms with E-state index in [1.807, 2.05) is 30.3 Å². The van der Waals surface area contributed by atoms with Crippen LogP contribution in [0.2, 0.25) is 5.02 Å². The van der Waals surface area contributed by atoms with Crippen molar-refractivity contribution in [1.82, 2.24) is 19.7 Å². The van der Waals surface area contributed by atoms with Gasteiger partial charge in [-0.1, -0.05) is 41.9 Å². The van der Waals surface area contributed by atoms with Crippen LogP contribution < -0.4 is 5.32 Å². The Balaban J connectivity index is 1.61. The number of anilines is 1. The molecule has 0 fully saturated rings. The van der Waals surface area contributed by atoms with Crippen LogP contribution in [0, 0.1) is 0 Å². The summed E-state index contributed by atoms with van der Waals surface area (Å²) in [6, 6.07) is 12.6. The second kappa shape index (κ2) is 7.89. The number of rotatable bonds is 4. The van der Waals surface area contributed by atoms with Crippen molar-refractivity contribution in [3.8, 4) is 5.69 Å². The highest BCUT2D eigenvalue weighted by Crippen LogP contribution is 2.34. The Kier molecular flexibility index (Phi) is 5.14. The number of carbonyl (C=O) groups is 2. The summed E-state index contributed by atoms with van der Waals surface area (Å²) in [5, 5.41) is 7.44. The molecule has 0 unspecified atom stereocenters. The number of amides is 2. The summed E-state index contributed by atoms with van der Waals surface area (Å²) in [6.45, 7) is 1.49. The van der Waals surface area contributed by atoms with E-state index in [1.54, 1.807) is 29.3 Å². The van der Waals surface area contributed by atoms with Crippen molar-refractivity contribution in [2.24, 2.45) is 0 Å². The fraction of sp³-hybridized carbons (Fsp3) is 0.143. The van der Waals surface area contributed by atoms with Crippen molar-refractivity contribution in [2.45, 2.75) is 19.4 Å². The molecule has 0 spiro atoms. The van der Waals surface area contributed by atoms with E-state index in [4.69, 9.17) is 11.6 Å². The molecular formula is C21H18ClN5O2. The molecule has 0 radical (unpaired) electrons. The number of halogens is 1. The maximum absolute atomic E-state index is 12.9. The molecular weight excluding hydrogens is 390 g/mol. The zero-order chi connectivity index (χ0) is 20.4. The molecule has 1 aliphatic heterocycles. The quantitative estimate of drug-likeness (QED) is 0.712. The molecule has 0 saturated heterocycles. The first-order chi connectivity index (χ1) is 14.0.